The van der Waals surface area contributed by atoms with Crippen LogP contribution in [0.5, 0.6) is 0 Å². The average molecular weight is 325 g/mol. The third-order valence-electron chi connectivity index (χ3n) is 4.10. The molecule has 1 unspecified atom stereocenters. The maximum Gasteiger partial charge on any atom is 0.228 e. The predicted molar refractivity (Wildman–Crippen MR) is 80.9 cm³/mol. The van der Waals surface area contributed by atoms with Gasteiger partial charge in [-0.25, -0.2) is 0 Å². The van der Waals surface area contributed by atoms with E-state index in [9.17, 15) is 4.79 Å². The Morgan fingerprint density at radius 1 is 1.58 bits per heavy atom. The van der Waals surface area contributed by atoms with E-state index in [-0.39, 0.29) is 17.4 Å². The highest BCUT2D eigenvalue weighted by atomic mass is 79.9. The van der Waals surface area contributed by atoms with Crippen molar-refractivity contribution in [3.8, 4) is 0 Å². The lowest BCUT2D eigenvalue weighted by Gasteiger charge is -2.27. The molecule has 4 heteroatoms. The van der Waals surface area contributed by atoms with E-state index in [1.807, 2.05) is 25.1 Å². The van der Waals surface area contributed by atoms with Gasteiger partial charge in [0.2, 0.25) is 5.91 Å². The molecule has 1 aromatic carbocycles. The van der Waals surface area contributed by atoms with Gasteiger partial charge in [0.1, 0.15) is 0 Å². The van der Waals surface area contributed by atoms with E-state index in [1.54, 1.807) is 0 Å². The summed E-state index contributed by atoms with van der Waals surface area (Å²) in [5.74, 6) is 0.174. The zero-order valence-electron chi connectivity index (χ0n) is 11.5. The number of carbonyl (C=O) groups excluding carboxylic acids is 1. The van der Waals surface area contributed by atoms with Gasteiger partial charge < -0.3 is 10.6 Å². The van der Waals surface area contributed by atoms with Gasteiger partial charge in [0.05, 0.1) is 11.5 Å². The summed E-state index contributed by atoms with van der Waals surface area (Å²) in [6, 6.07) is 8.12. The fraction of sp³-hybridized carbons (Fsp3) is 0.533. The van der Waals surface area contributed by atoms with Crippen LogP contribution in [0.2, 0.25) is 0 Å². The molecular weight excluding hydrogens is 304 g/mol. The van der Waals surface area contributed by atoms with Crippen molar-refractivity contribution < 1.29 is 4.79 Å². The van der Waals surface area contributed by atoms with Crippen molar-refractivity contribution in [3.05, 3.63) is 34.3 Å². The van der Waals surface area contributed by atoms with Crippen LogP contribution in [0.3, 0.4) is 0 Å². The summed E-state index contributed by atoms with van der Waals surface area (Å²) in [4.78, 5) is 12.5. The standard InChI is InChI=1S/C15H21BrN2O/c1-3-15(7-8-17-10-15)14(19)18-11(2)12-5-4-6-13(16)9-12/h4-6,9,11,17H,3,7-8,10H2,1-2H3,(H,18,19)/t11-,15?/m0/s1. The predicted octanol–water partition coefficient (Wildman–Crippen LogP) is 3.02. The summed E-state index contributed by atoms with van der Waals surface area (Å²) in [5.41, 5.74) is 0.903. The molecular formula is C15H21BrN2O. The van der Waals surface area contributed by atoms with Gasteiger partial charge in [0.15, 0.2) is 0 Å². The van der Waals surface area contributed by atoms with E-state index in [2.05, 4.69) is 39.6 Å². The van der Waals surface area contributed by atoms with E-state index in [0.717, 1.165) is 36.0 Å². The molecule has 0 saturated carbocycles. The Labute approximate surface area is 123 Å². The smallest absolute Gasteiger partial charge is 0.228 e. The Balaban J connectivity index is 2.06. The van der Waals surface area contributed by atoms with Crippen LogP contribution in [0, 0.1) is 5.41 Å². The van der Waals surface area contributed by atoms with Crippen molar-refractivity contribution in [2.45, 2.75) is 32.7 Å². The van der Waals surface area contributed by atoms with Crippen LogP contribution in [0.4, 0.5) is 0 Å². The van der Waals surface area contributed by atoms with Gasteiger partial charge in [-0.1, -0.05) is 35.0 Å². The monoisotopic (exact) mass is 324 g/mol. The molecule has 1 aliphatic heterocycles. The SMILES string of the molecule is CCC1(C(=O)N[C@@H](C)c2cccc(Br)c2)CCNC1. The number of rotatable bonds is 4. The highest BCUT2D eigenvalue weighted by Gasteiger charge is 2.39. The molecule has 0 aliphatic carbocycles. The molecule has 0 aromatic heterocycles. The number of nitrogens with one attached hydrogen (secondary N) is 2. The molecule has 3 nitrogen and oxygen atoms in total. The maximum absolute atomic E-state index is 12.5. The molecule has 0 bridgehead atoms. The summed E-state index contributed by atoms with van der Waals surface area (Å²) in [5, 5.41) is 6.46. The van der Waals surface area contributed by atoms with Crippen LogP contribution in [-0.2, 0) is 4.79 Å². The van der Waals surface area contributed by atoms with Gasteiger partial charge in [0, 0.05) is 11.0 Å². The normalized spacial score (nSPS) is 24.2. The van der Waals surface area contributed by atoms with Crippen LogP contribution in [0.15, 0.2) is 28.7 Å². The Bertz CT molecular complexity index is 455. The van der Waals surface area contributed by atoms with E-state index >= 15 is 0 Å². The third-order valence-corrected chi connectivity index (χ3v) is 4.59. The topological polar surface area (TPSA) is 41.1 Å². The quantitative estimate of drug-likeness (QED) is 0.893. The molecule has 1 amide bonds. The van der Waals surface area contributed by atoms with Crippen molar-refractivity contribution >= 4 is 21.8 Å². The lowest BCUT2D eigenvalue weighted by molar-refractivity contribution is -0.131. The van der Waals surface area contributed by atoms with Gasteiger partial charge in [-0.3, -0.25) is 4.79 Å². The molecule has 1 heterocycles. The van der Waals surface area contributed by atoms with Crippen molar-refractivity contribution in [1.82, 2.24) is 10.6 Å². The summed E-state index contributed by atoms with van der Waals surface area (Å²) in [7, 11) is 0. The van der Waals surface area contributed by atoms with Crippen molar-refractivity contribution in [2.24, 2.45) is 5.41 Å². The van der Waals surface area contributed by atoms with E-state index in [1.165, 1.54) is 0 Å². The second kappa shape index (κ2) is 6.06. The van der Waals surface area contributed by atoms with E-state index in [4.69, 9.17) is 0 Å². The molecule has 1 saturated heterocycles. The first-order valence-corrected chi connectivity index (χ1v) is 7.64. The summed E-state index contributed by atoms with van der Waals surface area (Å²) >= 11 is 3.46. The lowest BCUT2D eigenvalue weighted by Crippen LogP contribution is -2.43. The zero-order valence-corrected chi connectivity index (χ0v) is 13.1. The van der Waals surface area contributed by atoms with Crippen LogP contribution in [0.1, 0.15) is 38.3 Å². The summed E-state index contributed by atoms with van der Waals surface area (Å²) in [6.07, 6.45) is 1.82. The first kappa shape index (κ1) is 14.5. The molecule has 2 atom stereocenters. The van der Waals surface area contributed by atoms with Crippen LogP contribution in [-0.4, -0.2) is 19.0 Å². The summed E-state index contributed by atoms with van der Waals surface area (Å²) < 4.78 is 1.04. The minimum absolute atomic E-state index is 0.0361. The first-order chi connectivity index (χ1) is 9.07. The molecule has 104 valence electrons. The lowest BCUT2D eigenvalue weighted by atomic mass is 9.83. The molecule has 19 heavy (non-hydrogen) atoms. The number of hydrogen-bond donors (Lipinski definition) is 2. The van der Waals surface area contributed by atoms with Crippen molar-refractivity contribution in [3.63, 3.8) is 0 Å². The van der Waals surface area contributed by atoms with Crippen molar-refractivity contribution in [1.29, 1.82) is 0 Å². The van der Waals surface area contributed by atoms with Gasteiger partial charge in [-0.05, 0) is 44.0 Å². The third kappa shape index (κ3) is 3.18. The minimum Gasteiger partial charge on any atom is -0.349 e. The molecule has 2 rings (SSSR count). The van der Waals surface area contributed by atoms with Gasteiger partial charge in [-0.2, -0.15) is 0 Å². The number of halogens is 1. The summed E-state index contributed by atoms with van der Waals surface area (Å²) in [6.45, 7) is 5.86. The first-order valence-electron chi connectivity index (χ1n) is 6.84. The molecule has 1 aliphatic rings. The van der Waals surface area contributed by atoms with Gasteiger partial charge >= 0.3 is 0 Å². The Morgan fingerprint density at radius 2 is 2.37 bits per heavy atom. The van der Waals surface area contributed by atoms with Crippen LogP contribution in [0.25, 0.3) is 0 Å². The van der Waals surface area contributed by atoms with Gasteiger partial charge in [-0.15, -0.1) is 0 Å². The number of hydrogen-bond acceptors (Lipinski definition) is 2. The highest BCUT2D eigenvalue weighted by molar-refractivity contribution is 9.10. The van der Waals surface area contributed by atoms with E-state index < -0.39 is 0 Å². The Morgan fingerprint density at radius 3 is 2.95 bits per heavy atom. The Hall–Kier alpha value is -0.870. The number of carbonyl (C=O) groups is 1. The fourth-order valence-electron chi connectivity index (χ4n) is 2.61. The highest BCUT2D eigenvalue weighted by Crippen LogP contribution is 2.30. The minimum atomic E-state index is -0.222. The second-order valence-electron chi connectivity index (χ2n) is 5.31. The molecule has 0 radical (unpaired) electrons. The zero-order chi connectivity index (χ0) is 13.9. The number of benzene rings is 1. The number of amides is 1. The molecule has 1 aromatic rings. The largest absolute Gasteiger partial charge is 0.349 e. The Kier molecular flexibility index (Phi) is 4.63. The molecule has 2 N–H and O–H groups in total. The van der Waals surface area contributed by atoms with Crippen molar-refractivity contribution in [2.75, 3.05) is 13.1 Å². The fourth-order valence-corrected chi connectivity index (χ4v) is 3.03. The maximum atomic E-state index is 12.5. The van der Waals surface area contributed by atoms with E-state index in [0.29, 0.717) is 0 Å². The molecule has 0 spiro atoms. The second-order valence-corrected chi connectivity index (χ2v) is 6.23. The molecule has 1 fully saturated rings. The average Bonchev–Trinajstić information content (AvgIpc) is 2.88. The van der Waals surface area contributed by atoms with Crippen LogP contribution >= 0.6 is 15.9 Å². The van der Waals surface area contributed by atoms with Gasteiger partial charge in [0.25, 0.3) is 0 Å². The van der Waals surface area contributed by atoms with Crippen LogP contribution < -0.4 is 10.6 Å².